The Balaban J connectivity index is 2.03. The number of nitrogens with zero attached hydrogens (tertiary/aromatic N) is 1. The Morgan fingerprint density at radius 3 is 2.42 bits per heavy atom. The van der Waals surface area contributed by atoms with Crippen LogP contribution in [0.5, 0.6) is 5.75 Å². The molecule has 1 unspecified atom stereocenters. The molecule has 3 rings (SSSR count). The van der Waals surface area contributed by atoms with E-state index in [1.807, 2.05) is 48.5 Å². The number of hydrogen-bond donors (Lipinski definition) is 1. The van der Waals surface area contributed by atoms with Crippen molar-refractivity contribution < 1.29 is 14.6 Å². The summed E-state index contributed by atoms with van der Waals surface area (Å²) < 4.78 is 5.18. The molecule has 0 spiro atoms. The molecule has 0 fully saturated rings. The van der Waals surface area contributed by atoms with E-state index in [1.54, 1.807) is 20.2 Å². The van der Waals surface area contributed by atoms with Gasteiger partial charge in [-0.3, -0.25) is 9.78 Å². The summed E-state index contributed by atoms with van der Waals surface area (Å²) in [5.41, 5.74) is 2.82. The van der Waals surface area contributed by atoms with Crippen LogP contribution in [0, 0.1) is 0 Å². The number of benzene rings is 2. The highest BCUT2D eigenvalue weighted by molar-refractivity contribution is 5.91. The minimum atomic E-state index is -0.843. The standard InChI is InChI=1S/C20H19NO3/c1-13(20(22)23)18-12-21-19(17-6-4-3-5-16(17)18)11-14-7-9-15(24-2)10-8-14/h3-10,12-13H,11H2,1-2H3,(H,22,23). The number of carboxylic acids is 1. The largest absolute Gasteiger partial charge is 0.497 e. The number of aromatic nitrogens is 1. The second-order valence-electron chi connectivity index (χ2n) is 5.79. The molecule has 0 aliphatic carbocycles. The van der Waals surface area contributed by atoms with E-state index < -0.39 is 11.9 Å². The average molecular weight is 321 g/mol. The second-order valence-corrected chi connectivity index (χ2v) is 5.79. The molecule has 3 aromatic rings. The third-order valence-electron chi connectivity index (χ3n) is 4.28. The van der Waals surface area contributed by atoms with Crippen LogP contribution in [0.4, 0.5) is 0 Å². The zero-order valence-corrected chi connectivity index (χ0v) is 13.7. The van der Waals surface area contributed by atoms with Gasteiger partial charge >= 0.3 is 5.97 Å². The summed E-state index contributed by atoms with van der Waals surface area (Å²) in [6.45, 7) is 1.69. The van der Waals surface area contributed by atoms with Crippen molar-refractivity contribution in [3.8, 4) is 5.75 Å². The third kappa shape index (κ3) is 3.08. The van der Waals surface area contributed by atoms with E-state index in [0.717, 1.165) is 33.3 Å². The molecule has 24 heavy (non-hydrogen) atoms. The summed E-state index contributed by atoms with van der Waals surface area (Å²) in [5.74, 6) is -0.607. The highest BCUT2D eigenvalue weighted by atomic mass is 16.5. The quantitative estimate of drug-likeness (QED) is 0.771. The number of fused-ring (bicyclic) bond motifs is 1. The van der Waals surface area contributed by atoms with Crippen LogP contribution in [0.15, 0.2) is 54.7 Å². The van der Waals surface area contributed by atoms with Gasteiger partial charge in [-0.1, -0.05) is 36.4 Å². The van der Waals surface area contributed by atoms with Crippen LogP contribution in [0.25, 0.3) is 10.8 Å². The highest BCUT2D eigenvalue weighted by Gasteiger charge is 2.18. The Hall–Kier alpha value is -2.88. The van der Waals surface area contributed by atoms with Gasteiger partial charge in [0, 0.05) is 18.0 Å². The smallest absolute Gasteiger partial charge is 0.310 e. The lowest BCUT2D eigenvalue weighted by atomic mass is 9.94. The number of rotatable bonds is 5. The SMILES string of the molecule is COc1ccc(Cc2ncc(C(C)C(=O)O)c3ccccc23)cc1. The van der Waals surface area contributed by atoms with E-state index >= 15 is 0 Å². The van der Waals surface area contributed by atoms with E-state index in [9.17, 15) is 9.90 Å². The first kappa shape index (κ1) is 16.0. The van der Waals surface area contributed by atoms with Crippen molar-refractivity contribution in [1.82, 2.24) is 4.98 Å². The molecule has 1 aromatic heterocycles. The van der Waals surface area contributed by atoms with Gasteiger partial charge in [0.1, 0.15) is 5.75 Å². The molecule has 1 N–H and O–H groups in total. The number of methoxy groups -OCH3 is 1. The van der Waals surface area contributed by atoms with Crippen LogP contribution in [-0.2, 0) is 11.2 Å². The summed E-state index contributed by atoms with van der Waals surface area (Å²) in [6, 6.07) is 15.7. The maximum Gasteiger partial charge on any atom is 0.310 e. The Labute approximate surface area is 140 Å². The topological polar surface area (TPSA) is 59.4 Å². The van der Waals surface area contributed by atoms with Crippen molar-refractivity contribution >= 4 is 16.7 Å². The minimum absolute atomic E-state index is 0.586. The lowest BCUT2D eigenvalue weighted by molar-refractivity contribution is -0.138. The average Bonchev–Trinajstić information content (AvgIpc) is 2.62. The van der Waals surface area contributed by atoms with Gasteiger partial charge in [-0.25, -0.2) is 0 Å². The van der Waals surface area contributed by atoms with Crippen molar-refractivity contribution in [2.75, 3.05) is 7.11 Å². The van der Waals surface area contributed by atoms with Crippen LogP contribution in [0.1, 0.15) is 29.7 Å². The number of carbonyl (C=O) groups is 1. The molecule has 0 saturated heterocycles. The molecule has 4 heteroatoms. The van der Waals surface area contributed by atoms with Gasteiger partial charge in [-0.15, -0.1) is 0 Å². The fourth-order valence-electron chi connectivity index (χ4n) is 2.83. The van der Waals surface area contributed by atoms with Crippen molar-refractivity contribution in [2.24, 2.45) is 0 Å². The molecule has 2 aromatic carbocycles. The Morgan fingerprint density at radius 2 is 1.79 bits per heavy atom. The van der Waals surface area contributed by atoms with E-state index in [2.05, 4.69) is 4.98 Å². The van der Waals surface area contributed by atoms with Crippen LogP contribution in [0.2, 0.25) is 0 Å². The number of carboxylic acid groups (broad SMARTS) is 1. The van der Waals surface area contributed by atoms with Gasteiger partial charge in [0.05, 0.1) is 18.7 Å². The predicted octanol–water partition coefficient (Wildman–Crippen LogP) is 4.02. The molecule has 0 aliphatic rings. The maximum atomic E-state index is 11.3. The fourth-order valence-corrected chi connectivity index (χ4v) is 2.83. The first-order chi connectivity index (χ1) is 11.6. The van der Waals surface area contributed by atoms with Crippen molar-refractivity contribution in [3.05, 3.63) is 71.5 Å². The Kier molecular flexibility index (Phi) is 4.47. The minimum Gasteiger partial charge on any atom is -0.497 e. The molecule has 0 saturated carbocycles. The molecule has 0 bridgehead atoms. The zero-order chi connectivity index (χ0) is 17.1. The van der Waals surface area contributed by atoms with E-state index in [4.69, 9.17) is 4.74 Å². The van der Waals surface area contributed by atoms with E-state index in [1.165, 1.54) is 0 Å². The summed E-state index contributed by atoms with van der Waals surface area (Å²) in [5, 5.41) is 11.3. The summed E-state index contributed by atoms with van der Waals surface area (Å²) in [4.78, 5) is 15.9. The van der Waals surface area contributed by atoms with Crippen LogP contribution < -0.4 is 4.74 Å². The monoisotopic (exact) mass is 321 g/mol. The van der Waals surface area contributed by atoms with Crippen LogP contribution >= 0.6 is 0 Å². The lowest BCUT2D eigenvalue weighted by Crippen LogP contribution is -2.09. The molecule has 1 atom stereocenters. The summed E-state index contributed by atoms with van der Waals surface area (Å²) >= 11 is 0. The number of ether oxygens (including phenoxy) is 1. The molecule has 0 radical (unpaired) electrons. The molecular weight excluding hydrogens is 302 g/mol. The van der Waals surface area contributed by atoms with Gasteiger partial charge in [-0.2, -0.15) is 0 Å². The lowest BCUT2D eigenvalue weighted by Gasteiger charge is -2.13. The van der Waals surface area contributed by atoms with Crippen LogP contribution in [0.3, 0.4) is 0 Å². The Morgan fingerprint density at radius 1 is 1.12 bits per heavy atom. The fraction of sp³-hybridized carbons (Fsp3) is 0.200. The first-order valence-corrected chi connectivity index (χ1v) is 7.82. The van der Waals surface area contributed by atoms with E-state index in [0.29, 0.717) is 6.42 Å². The zero-order valence-electron chi connectivity index (χ0n) is 13.7. The van der Waals surface area contributed by atoms with Crippen molar-refractivity contribution in [3.63, 3.8) is 0 Å². The Bertz CT molecular complexity index is 872. The normalized spacial score (nSPS) is 12.1. The van der Waals surface area contributed by atoms with Crippen molar-refractivity contribution in [1.29, 1.82) is 0 Å². The number of pyridine rings is 1. The molecule has 0 aliphatic heterocycles. The van der Waals surface area contributed by atoms with Gasteiger partial charge < -0.3 is 9.84 Å². The summed E-state index contributed by atoms with van der Waals surface area (Å²) in [6.07, 6.45) is 2.38. The van der Waals surface area contributed by atoms with Gasteiger partial charge in [0.2, 0.25) is 0 Å². The predicted molar refractivity (Wildman–Crippen MR) is 93.6 cm³/mol. The number of hydrogen-bond acceptors (Lipinski definition) is 3. The molecule has 4 nitrogen and oxygen atoms in total. The first-order valence-electron chi connectivity index (χ1n) is 7.82. The van der Waals surface area contributed by atoms with Gasteiger partial charge in [-0.05, 0) is 35.6 Å². The molecular formula is C20H19NO3. The van der Waals surface area contributed by atoms with Crippen LogP contribution in [-0.4, -0.2) is 23.2 Å². The van der Waals surface area contributed by atoms with Gasteiger partial charge in [0.25, 0.3) is 0 Å². The molecule has 1 heterocycles. The second kappa shape index (κ2) is 6.71. The summed E-state index contributed by atoms with van der Waals surface area (Å²) in [7, 11) is 1.65. The van der Waals surface area contributed by atoms with Crippen molar-refractivity contribution in [2.45, 2.75) is 19.3 Å². The number of aliphatic carboxylic acids is 1. The van der Waals surface area contributed by atoms with Gasteiger partial charge in [0.15, 0.2) is 0 Å². The van der Waals surface area contributed by atoms with E-state index in [-0.39, 0.29) is 0 Å². The highest BCUT2D eigenvalue weighted by Crippen LogP contribution is 2.28. The maximum absolute atomic E-state index is 11.3. The molecule has 0 amide bonds. The third-order valence-corrected chi connectivity index (χ3v) is 4.28. The molecule has 122 valence electrons.